The zero-order chi connectivity index (χ0) is 64.5. The standard InChI is InChI=1S/C64H77F5N8O10S3/c1-43(15-23-56(65)66)51-40-63(2,3)27-25-45(51)41-75-34-36-76(37-35-75)47-18-16-44(17-19-47)59(79)72-90(85,86)49-20-21-52(55(39-49)89(83,84)64(67,68)69)70-46(42-88-48-11-6-4-7-12-48)26-29-74-32-30-73(31-33-74)28-8-5-9-38-87-54-14-10-13-50-58(54)62(82)77(61(50)81)53-22-24-57(78)71-60(53)80/h4,6-7,10-14,16-21,39,46,53,56,70H,1,5,8-9,15,22-38,40-42H2,2-3H3,(H,72,79)(H,71,78,80)/t46-,53?/m1/s1. The van der Waals surface area contributed by atoms with Gasteiger partial charge in [0.1, 0.15) is 16.7 Å². The van der Waals surface area contributed by atoms with Crippen molar-refractivity contribution in [2.45, 2.75) is 123 Å². The summed E-state index contributed by atoms with van der Waals surface area (Å²) in [6.45, 7) is 16.4. The van der Waals surface area contributed by atoms with Crippen LogP contribution in [0, 0.1) is 5.41 Å². The van der Waals surface area contributed by atoms with Crippen molar-refractivity contribution in [2.75, 3.05) is 94.6 Å². The molecule has 90 heavy (non-hydrogen) atoms. The number of carbonyl (C=O) groups excluding carboxylic acids is 5. The van der Waals surface area contributed by atoms with Gasteiger partial charge < -0.3 is 24.8 Å². The molecule has 2 atom stereocenters. The number of halogens is 5. The van der Waals surface area contributed by atoms with Crippen LogP contribution in [-0.2, 0) is 29.4 Å². The summed E-state index contributed by atoms with van der Waals surface area (Å²) in [6, 6.07) is 20.8. The third-order valence-electron chi connectivity index (χ3n) is 17.3. The number of benzene rings is 4. The second kappa shape index (κ2) is 29.3. The highest BCUT2D eigenvalue weighted by atomic mass is 32.2. The van der Waals surface area contributed by atoms with E-state index in [2.05, 4.69) is 50.7 Å². The summed E-state index contributed by atoms with van der Waals surface area (Å²) in [4.78, 5) is 73.0. The fourth-order valence-electron chi connectivity index (χ4n) is 12.1. The molecule has 3 saturated heterocycles. The molecule has 0 saturated carbocycles. The van der Waals surface area contributed by atoms with Gasteiger partial charge in [0.25, 0.3) is 37.6 Å². The molecule has 4 aromatic rings. The number of hydrogen-bond acceptors (Lipinski definition) is 16. The van der Waals surface area contributed by atoms with Crippen LogP contribution in [0.5, 0.6) is 5.75 Å². The number of ether oxygens (including phenoxy) is 1. The predicted octanol–water partition coefficient (Wildman–Crippen LogP) is 9.56. The van der Waals surface area contributed by atoms with Gasteiger partial charge in [-0.15, -0.1) is 11.8 Å². The van der Waals surface area contributed by atoms with Gasteiger partial charge in [-0.2, -0.15) is 13.2 Å². The monoisotopic (exact) mass is 1310 g/mol. The van der Waals surface area contributed by atoms with E-state index in [4.69, 9.17) is 4.74 Å². The number of unbranched alkanes of at least 4 members (excludes halogenated alkanes) is 2. The molecule has 486 valence electrons. The number of rotatable bonds is 27. The fourth-order valence-corrected chi connectivity index (χ4v) is 15.1. The number of carbonyl (C=O) groups is 5. The minimum atomic E-state index is -6.16. The topological polar surface area (TPSA) is 215 Å². The van der Waals surface area contributed by atoms with Gasteiger partial charge in [0, 0.05) is 106 Å². The zero-order valence-electron chi connectivity index (χ0n) is 50.5. The number of alkyl halides is 5. The summed E-state index contributed by atoms with van der Waals surface area (Å²) >= 11 is 1.42. The van der Waals surface area contributed by atoms with Crippen LogP contribution in [0.4, 0.5) is 33.3 Å². The van der Waals surface area contributed by atoms with Crippen LogP contribution in [0.1, 0.15) is 116 Å². The first-order valence-electron chi connectivity index (χ1n) is 30.4. The molecule has 5 aliphatic rings. The molecule has 4 aromatic carbocycles. The van der Waals surface area contributed by atoms with Crippen LogP contribution >= 0.6 is 11.8 Å². The zero-order valence-corrected chi connectivity index (χ0v) is 53.0. The molecule has 3 N–H and O–H groups in total. The van der Waals surface area contributed by atoms with E-state index in [1.165, 1.54) is 35.5 Å². The first-order valence-corrected chi connectivity index (χ1v) is 34.4. The van der Waals surface area contributed by atoms with Gasteiger partial charge in [0.05, 0.1) is 28.3 Å². The van der Waals surface area contributed by atoms with Crippen molar-refractivity contribution in [1.82, 2.24) is 29.6 Å². The lowest BCUT2D eigenvalue weighted by atomic mass is 9.72. The summed E-state index contributed by atoms with van der Waals surface area (Å²) in [7, 11) is -11.1. The van der Waals surface area contributed by atoms with E-state index in [1.54, 1.807) is 24.3 Å². The number of fused-ring (bicyclic) bond motifs is 1. The van der Waals surface area contributed by atoms with Crippen molar-refractivity contribution in [3.63, 3.8) is 0 Å². The van der Waals surface area contributed by atoms with Crippen molar-refractivity contribution in [1.29, 1.82) is 0 Å². The molecule has 5 amide bonds. The van der Waals surface area contributed by atoms with Crippen molar-refractivity contribution in [2.24, 2.45) is 5.41 Å². The Morgan fingerprint density at radius 2 is 1.49 bits per heavy atom. The third kappa shape index (κ3) is 16.9. The van der Waals surface area contributed by atoms with E-state index < -0.39 is 88.9 Å². The third-order valence-corrected chi connectivity index (χ3v) is 21.3. The minimum Gasteiger partial charge on any atom is -0.493 e. The Bertz CT molecular complexity index is 3560. The number of nitrogens with one attached hydrogen (secondary N) is 3. The second-order valence-corrected chi connectivity index (χ2v) is 29.0. The van der Waals surface area contributed by atoms with E-state index in [0.29, 0.717) is 77.0 Å². The maximum Gasteiger partial charge on any atom is 0.501 e. The highest BCUT2D eigenvalue weighted by Crippen LogP contribution is 2.43. The largest absolute Gasteiger partial charge is 0.501 e. The Morgan fingerprint density at radius 1 is 0.800 bits per heavy atom. The summed E-state index contributed by atoms with van der Waals surface area (Å²) < 4.78 is 132. The minimum absolute atomic E-state index is 0.0105. The molecule has 0 aromatic heterocycles. The quantitative estimate of drug-likeness (QED) is 0.0219. The Balaban J connectivity index is 0.770. The fraction of sp³-hybridized carbons (Fsp3) is 0.484. The summed E-state index contributed by atoms with van der Waals surface area (Å²) in [5, 5.41) is 5.22. The van der Waals surface area contributed by atoms with Crippen molar-refractivity contribution in [3.8, 4) is 5.75 Å². The average molecular weight is 1310 g/mol. The number of amides is 5. The highest BCUT2D eigenvalue weighted by Gasteiger charge is 2.49. The van der Waals surface area contributed by atoms with Crippen molar-refractivity contribution < 1.29 is 67.5 Å². The maximum atomic E-state index is 14.5. The highest BCUT2D eigenvalue weighted by molar-refractivity contribution is 7.99. The second-order valence-electron chi connectivity index (χ2n) is 24.3. The Morgan fingerprint density at radius 3 is 2.17 bits per heavy atom. The molecule has 4 heterocycles. The number of anilines is 2. The van der Waals surface area contributed by atoms with E-state index >= 15 is 0 Å². The number of imide groups is 2. The number of piperidine rings is 1. The van der Waals surface area contributed by atoms with Crippen LogP contribution in [0.2, 0.25) is 0 Å². The molecule has 0 radical (unpaired) electrons. The van der Waals surface area contributed by atoms with E-state index in [-0.39, 0.29) is 60.1 Å². The molecule has 0 bridgehead atoms. The average Bonchev–Trinajstić information content (AvgIpc) is 1.50. The number of allylic oxidation sites excluding steroid dienone is 2. The number of thioether (sulfide) groups is 1. The van der Waals surface area contributed by atoms with Gasteiger partial charge in [0.2, 0.25) is 18.2 Å². The molecule has 1 unspecified atom stereocenters. The summed E-state index contributed by atoms with van der Waals surface area (Å²) in [5.41, 5.74) is -2.15. The van der Waals surface area contributed by atoms with Gasteiger partial charge in [0.15, 0.2) is 0 Å². The Kier molecular flexibility index (Phi) is 22.0. The first-order chi connectivity index (χ1) is 42.8. The number of hydrogen-bond donors (Lipinski definition) is 3. The Hall–Kier alpha value is -6.71. The predicted molar refractivity (Wildman–Crippen MR) is 333 cm³/mol. The van der Waals surface area contributed by atoms with Crippen molar-refractivity contribution in [3.05, 3.63) is 131 Å². The SMILES string of the molecule is C=C(CCC(F)F)C1=C(CN2CCN(c3ccc(C(=O)NS(=O)(=O)c4ccc(N[C@H](CCN5CCN(CCCCCOc6cccc7c6C(=O)N(C6CCC(=O)NC6=O)C7=O)CC5)CSc5ccccc5)c(S(=O)(=O)C(F)(F)F)c4)cc3)CC2)CCC(C)(C)C1. The molecule has 26 heteroatoms. The molecule has 3 fully saturated rings. The molecule has 9 rings (SSSR count). The van der Waals surface area contributed by atoms with Gasteiger partial charge in [-0.3, -0.25) is 39.1 Å². The smallest absolute Gasteiger partial charge is 0.493 e. The van der Waals surface area contributed by atoms with Crippen LogP contribution in [-0.4, -0.2) is 174 Å². The molecule has 18 nitrogen and oxygen atoms in total. The van der Waals surface area contributed by atoms with E-state index in [0.717, 1.165) is 90.5 Å². The molecule has 0 spiro atoms. The van der Waals surface area contributed by atoms with Gasteiger partial charge in [-0.25, -0.2) is 30.3 Å². The van der Waals surface area contributed by atoms with Crippen LogP contribution in [0.25, 0.3) is 0 Å². The van der Waals surface area contributed by atoms with Crippen LogP contribution in [0.3, 0.4) is 0 Å². The van der Waals surface area contributed by atoms with Gasteiger partial charge in [-0.1, -0.05) is 55.8 Å². The lowest BCUT2D eigenvalue weighted by Gasteiger charge is -2.39. The number of sulfone groups is 1. The molecular weight excluding hydrogens is 1230 g/mol. The molecular formula is C64H77F5N8O10S3. The van der Waals surface area contributed by atoms with Crippen LogP contribution in [0.15, 0.2) is 129 Å². The van der Waals surface area contributed by atoms with Crippen LogP contribution < -0.4 is 25.0 Å². The summed E-state index contributed by atoms with van der Waals surface area (Å²) in [5.74, 6) is -2.94. The maximum absolute atomic E-state index is 14.5. The van der Waals surface area contributed by atoms with E-state index in [1.807, 2.05) is 35.1 Å². The number of nitrogens with zero attached hydrogens (tertiary/aromatic N) is 5. The first kappa shape index (κ1) is 67.7. The number of piperazine rings is 2. The number of sulfonamides is 1. The van der Waals surface area contributed by atoms with Crippen molar-refractivity contribution >= 4 is 72.5 Å². The van der Waals surface area contributed by atoms with Gasteiger partial charge in [-0.05, 0) is 142 Å². The Labute approximate surface area is 526 Å². The van der Waals surface area contributed by atoms with E-state index in [9.17, 15) is 62.8 Å². The lowest BCUT2D eigenvalue weighted by Crippen LogP contribution is -2.54. The summed E-state index contributed by atoms with van der Waals surface area (Å²) in [6.07, 6.45) is 3.03. The molecule has 4 aliphatic heterocycles. The van der Waals surface area contributed by atoms with Gasteiger partial charge >= 0.3 is 5.51 Å². The lowest BCUT2D eigenvalue weighted by molar-refractivity contribution is -0.136. The molecule has 1 aliphatic carbocycles. The normalized spacial score (nSPS) is 19.3.